The minimum atomic E-state index is -5.89. The summed E-state index contributed by atoms with van der Waals surface area (Å²) in [4.78, 5) is 24.4. The van der Waals surface area contributed by atoms with Crippen molar-refractivity contribution in [2.75, 3.05) is 6.61 Å². The highest BCUT2D eigenvalue weighted by atomic mass is 19.4. The molecule has 0 aliphatic heterocycles. The van der Waals surface area contributed by atoms with Gasteiger partial charge in [-0.15, -0.1) is 0 Å². The fourth-order valence-corrected chi connectivity index (χ4v) is 8.37. The Kier molecular flexibility index (Phi) is 8.23. The topological polar surface area (TPSA) is 72.8 Å². The van der Waals surface area contributed by atoms with Gasteiger partial charge in [0.15, 0.2) is 5.78 Å². The Labute approximate surface area is 254 Å². The van der Waals surface area contributed by atoms with E-state index in [-0.39, 0.29) is 31.1 Å². The third-order valence-electron chi connectivity index (χ3n) is 10.4. The third-order valence-corrected chi connectivity index (χ3v) is 10.4. The largest absolute Gasteiger partial charge is 0.458 e. The van der Waals surface area contributed by atoms with E-state index in [2.05, 4.69) is 0 Å². The van der Waals surface area contributed by atoms with Crippen LogP contribution in [0.3, 0.4) is 0 Å². The van der Waals surface area contributed by atoms with Crippen molar-refractivity contribution in [3.05, 3.63) is 58.2 Å². The van der Waals surface area contributed by atoms with Crippen LogP contribution in [0.4, 0.5) is 22.0 Å². The normalized spacial score (nSPS) is 31.6. The fourth-order valence-electron chi connectivity index (χ4n) is 8.37. The van der Waals surface area contributed by atoms with Gasteiger partial charge >= 0.3 is 18.1 Å². The number of benzene rings is 1. The quantitative estimate of drug-likeness (QED) is 0.257. The summed E-state index contributed by atoms with van der Waals surface area (Å²) in [5, 5.41) is 11.4. The van der Waals surface area contributed by atoms with Crippen LogP contribution in [-0.4, -0.2) is 46.8 Å². The second kappa shape index (κ2) is 11.0. The minimum Gasteiger partial charge on any atom is -0.458 e. The number of rotatable bonds is 6. The summed E-state index contributed by atoms with van der Waals surface area (Å²) in [6, 6.07) is 7.25. The van der Waals surface area contributed by atoms with Crippen molar-refractivity contribution < 1.29 is 46.1 Å². The van der Waals surface area contributed by atoms with E-state index >= 15 is 8.78 Å². The Morgan fingerprint density at radius 3 is 2.32 bits per heavy atom. The zero-order valence-corrected chi connectivity index (χ0v) is 25.8. The molecular weight excluding hydrogens is 583 g/mol. The van der Waals surface area contributed by atoms with Gasteiger partial charge in [0.25, 0.3) is 0 Å². The average Bonchev–Trinajstić information content (AvgIpc) is 3.21. The van der Waals surface area contributed by atoms with Crippen LogP contribution in [0.15, 0.2) is 47.1 Å². The second-order valence-corrected chi connectivity index (χ2v) is 14.2. The molecule has 4 aliphatic rings. The number of esters is 1. The van der Waals surface area contributed by atoms with Crippen LogP contribution in [0.5, 0.6) is 0 Å². The van der Waals surface area contributed by atoms with Gasteiger partial charge in [-0.25, -0.2) is 4.79 Å². The summed E-state index contributed by atoms with van der Waals surface area (Å²) in [6.07, 6.45) is -3.46. The molecule has 1 aromatic rings. The van der Waals surface area contributed by atoms with Crippen molar-refractivity contribution in [1.82, 2.24) is 0 Å². The van der Waals surface area contributed by atoms with Gasteiger partial charge in [0.1, 0.15) is 17.8 Å². The van der Waals surface area contributed by atoms with Gasteiger partial charge < -0.3 is 14.6 Å². The van der Waals surface area contributed by atoms with Gasteiger partial charge in [-0.3, -0.25) is 4.79 Å². The van der Waals surface area contributed by atoms with Crippen molar-refractivity contribution in [2.45, 2.75) is 115 Å². The van der Waals surface area contributed by atoms with E-state index in [9.17, 15) is 27.9 Å². The molecule has 5 nitrogen and oxygen atoms in total. The zero-order valence-electron chi connectivity index (χ0n) is 25.8. The van der Waals surface area contributed by atoms with Gasteiger partial charge in [-0.05, 0) is 106 Å². The first-order valence-electron chi connectivity index (χ1n) is 15.4. The molecule has 0 bridgehead atoms. The highest BCUT2D eigenvalue weighted by Gasteiger charge is 2.79. The molecular formula is C34H41F5O5. The number of allylic oxidation sites excluding steroid dienone is 4. The maximum Gasteiger partial charge on any atom is 0.456 e. The molecule has 5 rings (SSSR count). The monoisotopic (exact) mass is 624 g/mol. The lowest BCUT2D eigenvalue weighted by atomic mass is 9.50. The number of hydrogen-bond donors (Lipinski definition) is 1. The van der Waals surface area contributed by atoms with Crippen LogP contribution in [0.25, 0.3) is 0 Å². The van der Waals surface area contributed by atoms with Crippen molar-refractivity contribution in [2.24, 2.45) is 17.3 Å². The Balaban J connectivity index is 1.51. The summed E-state index contributed by atoms with van der Waals surface area (Å²) in [6.45, 7) is 8.22. The Hall–Kier alpha value is -2.59. The van der Waals surface area contributed by atoms with E-state index in [4.69, 9.17) is 9.47 Å². The van der Waals surface area contributed by atoms with Crippen molar-refractivity contribution in [3.8, 4) is 0 Å². The fraction of sp³-hybridized carbons (Fsp3) is 0.647. The van der Waals surface area contributed by atoms with Crippen LogP contribution < -0.4 is 0 Å². The number of hydrogen-bond acceptors (Lipinski definition) is 5. The molecule has 44 heavy (non-hydrogen) atoms. The number of halogens is 5. The molecule has 6 atom stereocenters. The summed E-state index contributed by atoms with van der Waals surface area (Å²) in [5.74, 6) is -7.11. The maximum absolute atomic E-state index is 15.2. The molecule has 0 saturated heterocycles. The van der Waals surface area contributed by atoms with E-state index in [1.807, 2.05) is 12.1 Å². The van der Waals surface area contributed by atoms with Gasteiger partial charge in [0.05, 0.1) is 6.10 Å². The highest BCUT2D eigenvalue weighted by Crippen LogP contribution is 2.70. The first-order valence-corrected chi connectivity index (χ1v) is 15.4. The molecule has 2 fully saturated rings. The van der Waals surface area contributed by atoms with Crippen molar-refractivity contribution >= 4 is 11.8 Å². The molecule has 0 unspecified atom stereocenters. The molecule has 0 spiro atoms. The van der Waals surface area contributed by atoms with Crippen molar-refractivity contribution in [1.29, 1.82) is 0 Å². The Bertz CT molecular complexity index is 1370. The SMILES string of the molecule is C[C@@H](OCC(=O)OC(C)(C)C)c1ccc([C@H]2C[C@@]3(C)[C@@H](CC[C@@]3(O)C(F)(F)C(F)(F)F)[C@@H]3CCC4=CC(=O)CCC4=C32)cc1. The predicted octanol–water partition coefficient (Wildman–Crippen LogP) is 7.93. The number of ketones is 1. The van der Waals surface area contributed by atoms with Crippen LogP contribution >= 0.6 is 0 Å². The van der Waals surface area contributed by atoms with E-state index in [0.29, 0.717) is 25.7 Å². The summed E-state index contributed by atoms with van der Waals surface area (Å²) >= 11 is 0. The molecule has 0 heterocycles. The van der Waals surface area contributed by atoms with Gasteiger partial charge in [-0.2, -0.15) is 22.0 Å². The summed E-state index contributed by atoms with van der Waals surface area (Å²) < 4.78 is 82.7. The lowest BCUT2D eigenvalue weighted by molar-refractivity contribution is -0.362. The Morgan fingerprint density at radius 1 is 1.05 bits per heavy atom. The van der Waals surface area contributed by atoms with E-state index < -0.39 is 59.0 Å². The van der Waals surface area contributed by atoms with Crippen LogP contribution in [-0.2, 0) is 19.1 Å². The standard InChI is InChI=1S/C34H41F5O5/c1-19(43-18-28(41)44-30(2,3)4)20-6-8-21(9-7-20)26-17-31(5)27(14-15-32(31,42)33(35,36)34(37,38)39)25-12-10-22-16-23(40)11-13-24(22)29(25)26/h6-9,16,19,25-27,42H,10-15,17-18H2,1-5H3/t19-,25+,26-,27+,31+,32+/m1/s1. The van der Waals surface area contributed by atoms with Gasteiger partial charge in [0.2, 0.25) is 0 Å². The number of alkyl halides is 5. The summed E-state index contributed by atoms with van der Waals surface area (Å²) in [7, 11) is 0. The number of aliphatic hydroxyl groups is 1. The van der Waals surface area contributed by atoms with Crippen LogP contribution in [0, 0.1) is 17.3 Å². The van der Waals surface area contributed by atoms with Crippen LogP contribution in [0.2, 0.25) is 0 Å². The molecule has 1 aromatic carbocycles. The zero-order chi connectivity index (χ0) is 32.5. The molecule has 0 radical (unpaired) electrons. The van der Waals surface area contributed by atoms with Crippen molar-refractivity contribution in [3.63, 3.8) is 0 Å². The number of carbonyl (C=O) groups excluding carboxylic acids is 2. The maximum atomic E-state index is 15.2. The van der Waals surface area contributed by atoms with E-state index in [0.717, 1.165) is 27.8 Å². The van der Waals surface area contributed by atoms with Crippen LogP contribution in [0.1, 0.15) is 103 Å². The van der Waals surface area contributed by atoms with E-state index in [1.54, 1.807) is 45.9 Å². The lowest BCUT2D eigenvalue weighted by Crippen LogP contribution is -2.65. The molecule has 2 saturated carbocycles. The van der Waals surface area contributed by atoms with E-state index in [1.165, 1.54) is 6.92 Å². The lowest BCUT2D eigenvalue weighted by Gasteiger charge is -2.56. The second-order valence-electron chi connectivity index (χ2n) is 14.2. The minimum absolute atomic E-state index is 0.0322. The predicted molar refractivity (Wildman–Crippen MR) is 153 cm³/mol. The number of fused-ring (bicyclic) bond motifs is 4. The first-order chi connectivity index (χ1) is 20.3. The molecule has 0 amide bonds. The smallest absolute Gasteiger partial charge is 0.456 e. The molecule has 1 N–H and O–H groups in total. The summed E-state index contributed by atoms with van der Waals surface area (Å²) in [5.41, 5.74) is -1.16. The van der Waals surface area contributed by atoms with Gasteiger partial charge in [-0.1, -0.05) is 36.8 Å². The van der Waals surface area contributed by atoms with Gasteiger partial charge in [0, 0.05) is 17.8 Å². The number of ether oxygens (including phenoxy) is 2. The first kappa shape index (κ1) is 32.8. The third kappa shape index (κ3) is 5.44. The molecule has 0 aromatic heterocycles. The molecule has 10 heteroatoms. The number of carbonyl (C=O) groups is 2. The average molecular weight is 625 g/mol. The molecule has 242 valence electrons. The Morgan fingerprint density at radius 2 is 1.70 bits per heavy atom. The molecule has 4 aliphatic carbocycles. The highest BCUT2D eigenvalue weighted by molar-refractivity contribution is 5.93.